The molecular weight excluding hydrogens is 710 g/mol. The molecule has 49 heavy (non-hydrogen) atoms. The Hall–Kier alpha value is -3.96. The monoisotopic (exact) mass is 747 g/mol. The number of nitrogens with zero attached hydrogens (tertiary/aromatic N) is 3. The van der Waals surface area contributed by atoms with Crippen LogP contribution in [0.4, 0.5) is 19.1 Å². The summed E-state index contributed by atoms with van der Waals surface area (Å²) in [5.41, 5.74) is -1.20. The summed E-state index contributed by atoms with van der Waals surface area (Å²) in [5.74, 6) is -1.53. The molecule has 1 aliphatic carbocycles. The van der Waals surface area contributed by atoms with Gasteiger partial charge < -0.3 is 35.1 Å². The van der Waals surface area contributed by atoms with E-state index in [0.29, 0.717) is 57.8 Å². The van der Waals surface area contributed by atoms with Crippen LogP contribution in [0.2, 0.25) is 0 Å². The van der Waals surface area contributed by atoms with Crippen molar-refractivity contribution in [1.82, 2.24) is 20.6 Å². The fraction of sp³-hybridized carbons (Fsp3) is 0.469. The average molecular weight is 748 g/mol. The van der Waals surface area contributed by atoms with Crippen LogP contribution in [-0.4, -0.2) is 70.7 Å². The maximum atomic E-state index is 13.4. The van der Waals surface area contributed by atoms with Crippen molar-refractivity contribution in [2.24, 2.45) is 10.4 Å². The zero-order chi connectivity index (χ0) is 35.8. The van der Waals surface area contributed by atoms with E-state index in [1.54, 1.807) is 30.7 Å². The van der Waals surface area contributed by atoms with Gasteiger partial charge in [0.05, 0.1) is 40.9 Å². The largest absolute Gasteiger partial charge is 0.511 e. The molecule has 2 aliphatic heterocycles. The summed E-state index contributed by atoms with van der Waals surface area (Å²) < 4.78 is 59.2. The van der Waals surface area contributed by atoms with E-state index in [9.17, 15) is 23.1 Å². The second-order valence-corrected chi connectivity index (χ2v) is 14.0. The number of carbonyl (C=O) groups excluding carboxylic acids is 1. The van der Waals surface area contributed by atoms with Crippen molar-refractivity contribution in [2.75, 3.05) is 18.5 Å². The van der Waals surface area contributed by atoms with Crippen LogP contribution in [-0.2, 0) is 25.3 Å². The maximum absolute atomic E-state index is 13.4. The number of halogens is 4. The van der Waals surface area contributed by atoms with Gasteiger partial charge in [-0.05, 0) is 80.0 Å². The lowest BCUT2D eigenvalue weighted by molar-refractivity contribution is -0.182. The van der Waals surface area contributed by atoms with Crippen LogP contribution in [0, 0.1) is 10.8 Å². The number of allylic oxidation sites excluding steroid dienone is 2. The zero-order valence-electron chi connectivity index (χ0n) is 27.7. The number of ether oxygens (including phenoxy) is 1. The van der Waals surface area contributed by atoms with E-state index in [4.69, 9.17) is 24.4 Å². The fourth-order valence-electron chi connectivity index (χ4n) is 5.23. The van der Waals surface area contributed by atoms with Crippen molar-refractivity contribution in [3.63, 3.8) is 0 Å². The molecule has 2 saturated heterocycles. The number of hydrogen-bond acceptors (Lipinski definition) is 11. The Morgan fingerprint density at radius 1 is 1.20 bits per heavy atom. The molecule has 0 radical (unpaired) electrons. The third kappa shape index (κ3) is 8.10. The van der Waals surface area contributed by atoms with Crippen molar-refractivity contribution < 1.29 is 37.1 Å². The quantitative estimate of drug-likeness (QED) is 0.0976. The van der Waals surface area contributed by atoms with Gasteiger partial charge in [0.1, 0.15) is 29.3 Å². The lowest BCUT2D eigenvalue weighted by Gasteiger charge is -2.32. The number of aliphatic hydroxyl groups is 1. The predicted octanol–water partition coefficient (Wildman–Crippen LogP) is 4.99. The van der Waals surface area contributed by atoms with Gasteiger partial charge in [0.2, 0.25) is 17.7 Å². The van der Waals surface area contributed by atoms with Crippen LogP contribution in [0.15, 0.2) is 63.5 Å². The summed E-state index contributed by atoms with van der Waals surface area (Å²) in [6, 6.07) is 4.81. The lowest BCUT2D eigenvalue weighted by atomic mass is 9.77. The number of amides is 1. The highest BCUT2D eigenvalue weighted by atomic mass is 79.9. The Kier molecular flexibility index (Phi) is 10.2. The summed E-state index contributed by atoms with van der Waals surface area (Å²) in [5, 5.41) is 26.7. The Morgan fingerprint density at radius 3 is 2.43 bits per heavy atom. The molecule has 5 rings (SSSR count). The molecule has 2 aromatic rings. The number of hydrogen-bond donors (Lipinski definition) is 5. The number of anilines is 1. The molecule has 3 aliphatic rings. The van der Waals surface area contributed by atoms with Gasteiger partial charge in [-0.1, -0.05) is 18.2 Å². The highest BCUT2D eigenvalue weighted by molar-refractivity contribution is 9.10. The lowest BCUT2D eigenvalue weighted by Crippen LogP contribution is -2.41. The molecule has 1 unspecified atom stereocenters. The van der Waals surface area contributed by atoms with Gasteiger partial charge in [0, 0.05) is 18.5 Å². The molecule has 1 aromatic heterocycles. The average Bonchev–Trinajstić information content (AvgIpc) is 3.61. The predicted molar refractivity (Wildman–Crippen MR) is 181 cm³/mol. The van der Waals surface area contributed by atoms with Crippen LogP contribution >= 0.6 is 15.9 Å². The van der Waals surface area contributed by atoms with E-state index in [1.807, 2.05) is 40.7 Å². The molecule has 1 saturated carbocycles. The number of alkyl halides is 3. The van der Waals surface area contributed by atoms with Gasteiger partial charge in [0.15, 0.2) is 0 Å². The number of aliphatic imine (C=N–C) groups is 1. The number of nitrogens with one attached hydrogen (secondary N) is 4. The minimum Gasteiger partial charge on any atom is -0.511 e. The van der Waals surface area contributed by atoms with E-state index in [0.717, 1.165) is 0 Å². The van der Waals surface area contributed by atoms with Gasteiger partial charge >= 0.3 is 13.3 Å². The van der Waals surface area contributed by atoms with E-state index in [-0.39, 0.29) is 19.3 Å². The number of rotatable bonds is 10. The molecule has 3 fully saturated rings. The van der Waals surface area contributed by atoms with Crippen molar-refractivity contribution in [3.8, 4) is 0 Å². The molecule has 1 atom stereocenters. The first-order chi connectivity index (χ1) is 22.9. The summed E-state index contributed by atoms with van der Waals surface area (Å²) in [7, 11) is -0.697. The molecule has 0 spiro atoms. The van der Waals surface area contributed by atoms with Crippen LogP contribution < -0.4 is 21.4 Å². The second kappa shape index (κ2) is 13.7. The molecule has 1 aromatic carbocycles. The van der Waals surface area contributed by atoms with Crippen LogP contribution in [0.3, 0.4) is 0 Å². The Labute approximate surface area is 290 Å². The molecule has 12 nitrogen and oxygen atoms in total. The number of aromatic nitrogens is 2. The third-order valence-corrected chi connectivity index (χ3v) is 9.42. The first kappa shape index (κ1) is 36.3. The number of aliphatic hydroxyl groups excluding tert-OH is 1. The topological polar surface area (TPSA) is 163 Å². The van der Waals surface area contributed by atoms with Gasteiger partial charge in [-0.3, -0.25) is 15.2 Å². The SMILES string of the molecule is CC(/N=C/C(Nc1ncc(Br)cn1)=C1\NCCO1)c1cc(B2OC(C)(C)C(C)(C)O2)ccc1CC(=O)NC(=N)/C=C(\O)C1(C(F)(F)F)CC1. The first-order valence-corrected chi connectivity index (χ1v) is 16.4. The Balaban J connectivity index is 1.40. The standard InChI is InChI=1S/C32H38BBrF3N7O5/c1-18(40-17-23(27-39-10-11-47-27)43-28-41-15-21(34)16-42-28)22-13-20(33-48-29(2,3)30(4,5)49-33)7-6-19(22)12-26(46)44-25(38)14-24(45)31(8-9-31)32(35,36)37/h6-7,13-18,39,45H,8-12H2,1-5H3,(H2,38,44,46)(H,41,42,43)/b24-14-,27-23-,40-17+. The second-order valence-electron chi connectivity index (χ2n) is 13.1. The van der Waals surface area contributed by atoms with Gasteiger partial charge in [-0.25, -0.2) is 9.97 Å². The van der Waals surface area contributed by atoms with Crippen LogP contribution in [0.1, 0.15) is 64.6 Å². The molecule has 5 N–H and O–H groups in total. The first-order valence-electron chi connectivity index (χ1n) is 15.6. The molecule has 1 amide bonds. The summed E-state index contributed by atoms with van der Waals surface area (Å²) in [6.07, 6.45) is -0.0300. The van der Waals surface area contributed by atoms with E-state index >= 15 is 0 Å². The smallest absolute Gasteiger partial charge is 0.494 e. The van der Waals surface area contributed by atoms with E-state index in [1.165, 1.54) is 0 Å². The Bertz CT molecular complexity index is 1670. The summed E-state index contributed by atoms with van der Waals surface area (Å²) in [4.78, 5) is 26.4. The molecule has 17 heteroatoms. The molecule has 262 valence electrons. The van der Waals surface area contributed by atoms with Crippen molar-refractivity contribution in [1.29, 1.82) is 5.41 Å². The highest BCUT2D eigenvalue weighted by Crippen LogP contribution is 2.61. The van der Waals surface area contributed by atoms with E-state index < -0.39 is 53.5 Å². The van der Waals surface area contributed by atoms with E-state index in [2.05, 4.69) is 41.8 Å². The molecule has 0 bridgehead atoms. The number of carbonyl (C=O) groups is 1. The number of benzene rings is 1. The minimum atomic E-state index is -4.65. The van der Waals surface area contributed by atoms with Gasteiger partial charge in [0.25, 0.3) is 0 Å². The van der Waals surface area contributed by atoms with Crippen molar-refractivity contribution in [3.05, 3.63) is 69.6 Å². The van der Waals surface area contributed by atoms with Crippen LogP contribution in [0.5, 0.6) is 0 Å². The van der Waals surface area contributed by atoms with Gasteiger partial charge in [-0.2, -0.15) is 13.2 Å². The minimum absolute atomic E-state index is 0.232. The normalized spacial score (nSPS) is 21.2. The zero-order valence-corrected chi connectivity index (χ0v) is 29.3. The summed E-state index contributed by atoms with van der Waals surface area (Å²) >= 11 is 3.32. The summed E-state index contributed by atoms with van der Waals surface area (Å²) in [6.45, 7) is 10.7. The molecule has 3 heterocycles. The molecular formula is C32H38BBrF3N7O5. The Morgan fingerprint density at radius 2 is 1.86 bits per heavy atom. The highest BCUT2D eigenvalue weighted by Gasteiger charge is 2.66. The third-order valence-electron chi connectivity index (χ3n) is 9.01. The van der Waals surface area contributed by atoms with Crippen molar-refractivity contribution in [2.45, 2.75) is 77.3 Å². The number of amidine groups is 1. The van der Waals surface area contributed by atoms with Crippen molar-refractivity contribution >= 4 is 52.4 Å². The van der Waals surface area contributed by atoms with Gasteiger partial charge in [-0.15, -0.1) is 0 Å². The fourth-order valence-corrected chi connectivity index (χ4v) is 5.44. The maximum Gasteiger partial charge on any atom is 0.494 e. The van der Waals surface area contributed by atoms with Crippen LogP contribution in [0.25, 0.3) is 0 Å².